The zero-order valence-electron chi connectivity index (χ0n) is 22.6. The molecule has 208 valence electrons. The van der Waals surface area contributed by atoms with Crippen molar-refractivity contribution < 1.29 is 43.6 Å². The van der Waals surface area contributed by atoms with Gasteiger partial charge in [0.05, 0.1) is 7.11 Å². The van der Waals surface area contributed by atoms with Crippen LogP contribution in [0, 0.1) is 0 Å². The van der Waals surface area contributed by atoms with E-state index in [2.05, 4.69) is 24.5 Å². The molecule has 0 heterocycles. The number of carboxylic acids is 1. The van der Waals surface area contributed by atoms with Crippen molar-refractivity contribution in [1.82, 2.24) is 0 Å². The summed E-state index contributed by atoms with van der Waals surface area (Å²) in [6.45, 7) is 15.3. The van der Waals surface area contributed by atoms with Crippen LogP contribution in [-0.4, -0.2) is 41.2 Å². The molecule has 0 fully saturated rings. The molecule has 2 aromatic carbocycles. The maximum absolute atomic E-state index is 11.0. The first-order chi connectivity index (χ1) is 18.3. The van der Waals surface area contributed by atoms with Crippen LogP contribution in [-0.2, 0) is 35.3 Å². The zero-order chi connectivity index (χ0) is 30.0. The highest BCUT2D eigenvalue weighted by Crippen LogP contribution is 2.24. The molecule has 0 amide bonds. The van der Waals surface area contributed by atoms with Crippen LogP contribution in [0.3, 0.4) is 0 Å². The number of hydrogen-bond acceptors (Lipinski definition) is 8. The Morgan fingerprint density at radius 2 is 1.36 bits per heavy atom. The summed E-state index contributed by atoms with van der Waals surface area (Å²) in [5.74, 6) is -2.31. The number of esters is 3. The third kappa shape index (κ3) is 15.0. The fourth-order valence-electron chi connectivity index (χ4n) is 2.17. The second-order valence-corrected chi connectivity index (χ2v) is 7.97. The second-order valence-electron chi connectivity index (χ2n) is 7.97. The first-order valence-electron chi connectivity index (χ1n) is 11.5. The lowest BCUT2D eigenvalue weighted by Crippen LogP contribution is -2.08. The lowest BCUT2D eigenvalue weighted by Gasteiger charge is -2.04. The van der Waals surface area contributed by atoms with E-state index in [1.54, 1.807) is 26.0 Å². The molecule has 0 saturated carbocycles. The molecule has 2 aromatic rings. The number of methoxy groups -OCH3 is 1. The number of hydrogen-bond donors (Lipinski definition) is 2. The number of aromatic hydroxyl groups is 1. The van der Waals surface area contributed by atoms with E-state index in [1.165, 1.54) is 32.2 Å². The number of carbonyl (C=O) groups is 4. The molecule has 2 N–H and O–H groups in total. The van der Waals surface area contributed by atoms with Gasteiger partial charge in [-0.05, 0) is 44.9 Å². The molecule has 0 atom stereocenters. The van der Waals surface area contributed by atoms with E-state index >= 15 is 0 Å². The Hall–Kier alpha value is -4.92. The van der Waals surface area contributed by atoms with E-state index in [-0.39, 0.29) is 35.0 Å². The van der Waals surface area contributed by atoms with Gasteiger partial charge in [0.1, 0.15) is 6.61 Å². The number of carbonyl (C=O) groups excluding carboxylic acids is 3. The summed E-state index contributed by atoms with van der Waals surface area (Å²) < 4.78 is 14.2. The smallest absolute Gasteiger partial charge is 0.338 e. The minimum Gasteiger partial charge on any atom is -0.504 e. The van der Waals surface area contributed by atoms with Gasteiger partial charge in [-0.1, -0.05) is 68.3 Å². The van der Waals surface area contributed by atoms with Gasteiger partial charge < -0.3 is 24.4 Å². The molecule has 0 bridgehead atoms. The second kappa shape index (κ2) is 18.3. The van der Waals surface area contributed by atoms with Gasteiger partial charge in [-0.3, -0.25) is 0 Å². The Kier molecular flexibility index (Phi) is 16.0. The van der Waals surface area contributed by atoms with Gasteiger partial charge in [0, 0.05) is 22.3 Å². The van der Waals surface area contributed by atoms with Crippen molar-refractivity contribution in [3.63, 3.8) is 0 Å². The molecular weight excluding hydrogens is 504 g/mol. The van der Waals surface area contributed by atoms with Crippen LogP contribution in [0.25, 0.3) is 0 Å². The molecule has 0 spiro atoms. The lowest BCUT2D eigenvalue weighted by atomic mass is 10.1. The third-order valence-electron chi connectivity index (χ3n) is 4.44. The predicted octanol–water partition coefficient (Wildman–Crippen LogP) is 5.32. The number of ether oxygens (including phenoxy) is 3. The molecule has 0 aliphatic heterocycles. The summed E-state index contributed by atoms with van der Waals surface area (Å²) in [6.07, 6.45) is 1.62. The van der Waals surface area contributed by atoms with Gasteiger partial charge in [-0.2, -0.15) is 0 Å². The van der Waals surface area contributed by atoms with E-state index in [0.717, 1.165) is 5.56 Å². The standard InChI is InChI=1S/C11H12O2.C10H10O3.C9H12O4/c1-9(2)11(12)13-8-10-6-4-3-5-7-10;1-7(2)10(12)13-9-6-4-3-5-8(9)11;1-6(8(10)11)4-5-7(2)9(12)13-3/h3-7H,1,8H2,2H3;3-6,11H,1H2,2H3;4H,2,5H2,1,3H3,(H,10,11). The third-order valence-corrected chi connectivity index (χ3v) is 4.44. The van der Waals surface area contributed by atoms with Crippen molar-refractivity contribution in [3.05, 3.63) is 108 Å². The summed E-state index contributed by atoms with van der Waals surface area (Å²) in [7, 11) is 1.25. The van der Waals surface area contributed by atoms with Gasteiger partial charge in [-0.25, -0.2) is 19.2 Å². The average molecular weight is 539 g/mol. The quantitative estimate of drug-likeness (QED) is 0.247. The molecule has 0 aliphatic carbocycles. The SMILES string of the molecule is C=C(C)C(=O)OCc1ccccc1.C=C(C)C(=O)Oc1ccccc1O.C=C(CC=C(C)C(=O)O)C(=O)OC. The first kappa shape index (κ1) is 34.1. The Labute approximate surface area is 228 Å². The molecule has 0 aromatic heterocycles. The van der Waals surface area contributed by atoms with E-state index in [1.807, 2.05) is 30.3 Å². The number of benzene rings is 2. The highest BCUT2D eigenvalue weighted by Gasteiger charge is 2.08. The Morgan fingerprint density at radius 1 is 0.821 bits per heavy atom. The number of para-hydroxylation sites is 2. The van der Waals surface area contributed by atoms with Gasteiger partial charge in [0.15, 0.2) is 11.5 Å². The van der Waals surface area contributed by atoms with Crippen LogP contribution in [0.15, 0.2) is 103 Å². The Morgan fingerprint density at radius 3 is 1.85 bits per heavy atom. The van der Waals surface area contributed by atoms with E-state index < -0.39 is 17.9 Å². The van der Waals surface area contributed by atoms with Crippen LogP contribution < -0.4 is 4.74 Å². The van der Waals surface area contributed by atoms with E-state index in [4.69, 9.17) is 14.6 Å². The summed E-state index contributed by atoms with van der Waals surface area (Å²) >= 11 is 0. The summed E-state index contributed by atoms with van der Waals surface area (Å²) in [6, 6.07) is 15.8. The molecule has 0 saturated heterocycles. The molecule has 9 nitrogen and oxygen atoms in total. The molecular formula is C30H34O9. The van der Waals surface area contributed by atoms with Gasteiger partial charge >= 0.3 is 23.9 Å². The van der Waals surface area contributed by atoms with Crippen LogP contribution in [0.2, 0.25) is 0 Å². The van der Waals surface area contributed by atoms with Crippen molar-refractivity contribution in [2.75, 3.05) is 7.11 Å². The number of carboxylic acid groups (broad SMARTS) is 1. The van der Waals surface area contributed by atoms with Crippen LogP contribution >= 0.6 is 0 Å². The average Bonchev–Trinajstić information content (AvgIpc) is 2.91. The number of aliphatic carboxylic acids is 1. The molecule has 0 unspecified atom stereocenters. The number of phenols is 1. The topological polar surface area (TPSA) is 136 Å². The first-order valence-corrected chi connectivity index (χ1v) is 11.5. The van der Waals surface area contributed by atoms with Crippen LogP contribution in [0.1, 0.15) is 32.8 Å². The summed E-state index contributed by atoms with van der Waals surface area (Å²) in [4.78, 5) is 43.2. The zero-order valence-corrected chi connectivity index (χ0v) is 22.6. The van der Waals surface area contributed by atoms with Crippen molar-refractivity contribution in [3.8, 4) is 11.5 Å². The van der Waals surface area contributed by atoms with Crippen molar-refractivity contribution in [2.45, 2.75) is 33.8 Å². The lowest BCUT2D eigenvalue weighted by molar-refractivity contribution is -0.140. The number of allylic oxidation sites excluding steroid dienone is 1. The molecule has 0 aliphatic rings. The number of phenolic OH excluding ortho intramolecular Hbond substituents is 1. The summed E-state index contributed by atoms with van der Waals surface area (Å²) in [5, 5.41) is 17.7. The predicted molar refractivity (Wildman–Crippen MR) is 147 cm³/mol. The molecule has 2 rings (SSSR count). The van der Waals surface area contributed by atoms with Crippen molar-refractivity contribution >= 4 is 23.9 Å². The monoisotopic (exact) mass is 538 g/mol. The number of rotatable bonds is 9. The molecule has 0 radical (unpaired) electrons. The van der Waals surface area contributed by atoms with Gasteiger partial charge in [0.2, 0.25) is 0 Å². The molecule has 39 heavy (non-hydrogen) atoms. The van der Waals surface area contributed by atoms with E-state index in [0.29, 0.717) is 17.8 Å². The Bertz CT molecular complexity index is 1210. The van der Waals surface area contributed by atoms with Crippen molar-refractivity contribution in [1.29, 1.82) is 0 Å². The van der Waals surface area contributed by atoms with Gasteiger partial charge in [-0.15, -0.1) is 0 Å². The highest BCUT2D eigenvalue weighted by atomic mass is 16.5. The normalized spacial score (nSPS) is 9.79. The largest absolute Gasteiger partial charge is 0.504 e. The van der Waals surface area contributed by atoms with Crippen LogP contribution in [0.5, 0.6) is 11.5 Å². The maximum atomic E-state index is 11.0. The summed E-state index contributed by atoms with van der Waals surface area (Å²) in [5.41, 5.74) is 2.13. The van der Waals surface area contributed by atoms with E-state index in [9.17, 15) is 24.3 Å². The fourth-order valence-corrected chi connectivity index (χ4v) is 2.17. The van der Waals surface area contributed by atoms with Gasteiger partial charge in [0.25, 0.3) is 0 Å². The van der Waals surface area contributed by atoms with Crippen molar-refractivity contribution in [2.24, 2.45) is 0 Å². The maximum Gasteiger partial charge on any atom is 0.338 e. The molecule has 9 heteroatoms. The highest BCUT2D eigenvalue weighted by molar-refractivity contribution is 5.90. The fraction of sp³-hybridized carbons (Fsp3) is 0.200. The minimum absolute atomic E-state index is 0.0582. The van der Waals surface area contributed by atoms with Crippen LogP contribution in [0.4, 0.5) is 0 Å². The Balaban J connectivity index is 0.000000555. The minimum atomic E-state index is -1.00.